The Hall–Kier alpha value is -2.11. The molecular weight excluding hydrogens is 208 g/mol. The van der Waals surface area contributed by atoms with Gasteiger partial charge in [0.2, 0.25) is 0 Å². The number of nitrogens with zero attached hydrogens (tertiary/aromatic N) is 3. The van der Waals surface area contributed by atoms with Gasteiger partial charge in [-0.1, -0.05) is 0 Å². The summed E-state index contributed by atoms with van der Waals surface area (Å²) in [6.45, 7) is 2.15. The highest BCUT2D eigenvalue weighted by molar-refractivity contribution is 5.94. The minimum Gasteiger partial charge on any atom is -0.469 e. The molecule has 0 atom stereocenters. The highest BCUT2D eigenvalue weighted by atomic mass is 16.3. The van der Waals surface area contributed by atoms with Crippen LogP contribution in [0.25, 0.3) is 0 Å². The number of carbonyl (C=O) groups excluding carboxylic acids is 1. The average molecular weight is 220 g/mol. The molecule has 0 spiro atoms. The smallest absolute Gasteiger partial charge is 0.257 e. The maximum Gasteiger partial charge on any atom is 0.257 e. The molecule has 0 saturated carbocycles. The van der Waals surface area contributed by atoms with Crippen LogP contribution in [0, 0.1) is 6.92 Å². The first-order valence-corrected chi connectivity index (χ1v) is 4.82. The lowest BCUT2D eigenvalue weighted by Crippen LogP contribution is -2.26. The summed E-state index contributed by atoms with van der Waals surface area (Å²) in [5.41, 5.74) is 0.571. The van der Waals surface area contributed by atoms with E-state index in [1.54, 1.807) is 24.9 Å². The topological polar surface area (TPSA) is 75.0 Å². The SMILES string of the molecule is Cc1occc1C(=O)N(C)Cc1ncn[nH]1. The minimum atomic E-state index is -0.0948. The fraction of sp³-hybridized carbons (Fsp3) is 0.300. The van der Waals surface area contributed by atoms with Crippen LogP contribution in [0.3, 0.4) is 0 Å². The molecule has 16 heavy (non-hydrogen) atoms. The molecule has 84 valence electrons. The molecule has 1 N–H and O–H groups in total. The molecule has 1 amide bonds. The van der Waals surface area contributed by atoms with Crippen LogP contribution in [0.1, 0.15) is 21.9 Å². The number of carbonyl (C=O) groups is 1. The second kappa shape index (κ2) is 4.18. The molecule has 0 bridgehead atoms. The number of aromatic nitrogens is 3. The fourth-order valence-corrected chi connectivity index (χ4v) is 1.42. The van der Waals surface area contributed by atoms with Crippen molar-refractivity contribution in [3.8, 4) is 0 Å². The standard InChI is InChI=1S/C10H12N4O2/c1-7-8(3-4-16-7)10(15)14(2)5-9-11-6-12-13-9/h3-4,6H,5H2,1-2H3,(H,11,12,13). The number of aromatic amines is 1. The molecule has 0 aliphatic rings. The van der Waals surface area contributed by atoms with Crippen molar-refractivity contribution in [3.63, 3.8) is 0 Å². The Morgan fingerprint density at radius 1 is 1.62 bits per heavy atom. The quantitative estimate of drug-likeness (QED) is 0.836. The van der Waals surface area contributed by atoms with Gasteiger partial charge in [0.15, 0.2) is 0 Å². The third kappa shape index (κ3) is 1.95. The number of H-pyrrole nitrogens is 1. The Balaban J connectivity index is 2.08. The van der Waals surface area contributed by atoms with E-state index in [4.69, 9.17) is 4.42 Å². The summed E-state index contributed by atoms with van der Waals surface area (Å²) in [4.78, 5) is 17.5. The molecule has 0 aliphatic carbocycles. The summed E-state index contributed by atoms with van der Waals surface area (Å²) in [6, 6.07) is 1.66. The number of aryl methyl sites for hydroxylation is 1. The van der Waals surface area contributed by atoms with E-state index in [1.165, 1.54) is 12.6 Å². The number of rotatable bonds is 3. The van der Waals surface area contributed by atoms with Gasteiger partial charge in [-0.2, -0.15) is 5.10 Å². The van der Waals surface area contributed by atoms with Crippen molar-refractivity contribution in [1.29, 1.82) is 0 Å². The lowest BCUT2D eigenvalue weighted by atomic mass is 10.2. The number of furan rings is 1. The number of nitrogens with one attached hydrogen (secondary N) is 1. The molecule has 0 fully saturated rings. The van der Waals surface area contributed by atoms with Crippen LogP contribution >= 0.6 is 0 Å². The molecule has 0 aromatic carbocycles. The van der Waals surface area contributed by atoms with Crippen molar-refractivity contribution in [2.24, 2.45) is 0 Å². The summed E-state index contributed by atoms with van der Waals surface area (Å²) in [5, 5.41) is 6.43. The lowest BCUT2D eigenvalue weighted by Gasteiger charge is -2.14. The first-order valence-electron chi connectivity index (χ1n) is 4.82. The van der Waals surface area contributed by atoms with Gasteiger partial charge in [0.25, 0.3) is 5.91 Å². The Morgan fingerprint density at radius 2 is 2.44 bits per heavy atom. The van der Waals surface area contributed by atoms with Crippen molar-refractivity contribution in [2.75, 3.05) is 7.05 Å². The van der Waals surface area contributed by atoms with E-state index in [0.717, 1.165) is 0 Å². The summed E-state index contributed by atoms with van der Waals surface area (Å²) in [7, 11) is 1.71. The Kier molecular flexibility index (Phi) is 2.72. The van der Waals surface area contributed by atoms with Crippen molar-refractivity contribution >= 4 is 5.91 Å². The molecule has 6 heteroatoms. The molecular formula is C10H12N4O2. The van der Waals surface area contributed by atoms with Gasteiger partial charge in [-0.15, -0.1) is 0 Å². The van der Waals surface area contributed by atoms with E-state index in [9.17, 15) is 4.79 Å². The number of amides is 1. The average Bonchev–Trinajstić information content (AvgIpc) is 2.88. The van der Waals surface area contributed by atoms with Crippen molar-refractivity contribution in [1.82, 2.24) is 20.1 Å². The summed E-state index contributed by atoms with van der Waals surface area (Å²) in [5.74, 6) is 1.18. The van der Waals surface area contributed by atoms with Crippen LogP contribution in [0.15, 0.2) is 23.1 Å². The molecule has 2 heterocycles. The van der Waals surface area contributed by atoms with Gasteiger partial charge < -0.3 is 9.32 Å². The second-order valence-electron chi connectivity index (χ2n) is 3.48. The van der Waals surface area contributed by atoms with Crippen LogP contribution < -0.4 is 0 Å². The maximum atomic E-state index is 12.0. The summed E-state index contributed by atoms with van der Waals surface area (Å²) in [6.07, 6.45) is 2.92. The van der Waals surface area contributed by atoms with Gasteiger partial charge in [-0.3, -0.25) is 9.89 Å². The first kappa shape index (κ1) is 10.4. The van der Waals surface area contributed by atoms with Crippen molar-refractivity contribution < 1.29 is 9.21 Å². The third-order valence-electron chi connectivity index (χ3n) is 2.29. The third-order valence-corrected chi connectivity index (χ3v) is 2.29. The maximum absolute atomic E-state index is 12.0. The Labute approximate surface area is 92.3 Å². The predicted molar refractivity (Wildman–Crippen MR) is 55.6 cm³/mol. The van der Waals surface area contributed by atoms with Crippen molar-refractivity contribution in [3.05, 3.63) is 35.8 Å². The van der Waals surface area contributed by atoms with Crippen LogP contribution in [0.4, 0.5) is 0 Å². The van der Waals surface area contributed by atoms with E-state index in [0.29, 0.717) is 23.7 Å². The van der Waals surface area contributed by atoms with Gasteiger partial charge in [-0.25, -0.2) is 4.98 Å². The van der Waals surface area contributed by atoms with E-state index in [2.05, 4.69) is 15.2 Å². The molecule has 2 rings (SSSR count). The molecule has 0 aliphatic heterocycles. The molecule has 2 aromatic rings. The number of hydrogen-bond donors (Lipinski definition) is 1. The zero-order valence-electron chi connectivity index (χ0n) is 9.10. The zero-order valence-corrected chi connectivity index (χ0v) is 9.10. The van der Waals surface area contributed by atoms with Gasteiger partial charge in [0, 0.05) is 7.05 Å². The van der Waals surface area contributed by atoms with Gasteiger partial charge in [0.05, 0.1) is 18.4 Å². The second-order valence-corrected chi connectivity index (χ2v) is 3.48. The van der Waals surface area contributed by atoms with Crippen LogP contribution in [0.2, 0.25) is 0 Å². The molecule has 2 aromatic heterocycles. The van der Waals surface area contributed by atoms with Gasteiger partial charge >= 0.3 is 0 Å². The summed E-state index contributed by atoms with van der Waals surface area (Å²) < 4.78 is 5.09. The highest BCUT2D eigenvalue weighted by Crippen LogP contribution is 2.12. The predicted octanol–water partition coefficient (Wildman–Crippen LogP) is 0.978. The van der Waals surface area contributed by atoms with Crippen LogP contribution in [-0.2, 0) is 6.54 Å². The largest absolute Gasteiger partial charge is 0.469 e. The van der Waals surface area contributed by atoms with E-state index in [-0.39, 0.29) is 5.91 Å². The van der Waals surface area contributed by atoms with Crippen molar-refractivity contribution in [2.45, 2.75) is 13.5 Å². The molecule has 0 saturated heterocycles. The fourth-order valence-electron chi connectivity index (χ4n) is 1.42. The summed E-state index contributed by atoms with van der Waals surface area (Å²) >= 11 is 0. The minimum absolute atomic E-state index is 0.0948. The first-order chi connectivity index (χ1) is 7.68. The van der Waals surface area contributed by atoms with Crippen LogP contribution in [-0.4, -0.2) is 33.0 Å². The molecule has 6 nitrogen and oxygen atoms in total. The molecule has 0 radical (unpaired) electrons. The molecule has 0 unspecified atom stereocenters. The lowest BCUT2D eigenvalue weighted by molar-refractivity contribution is 0.0780. The van der Waals surface area contributed by atoms with E-state index < -0.39 is 0 Å². The Bertz CT molecular complexity index is 475. The zero-order chi connectivity index (χ0) is 11.5. The normalized spacial score (nSPS) is 10.4. The monoisotopic (exact) mass is 220 g/mol. The van der Waals surface area contributed by atoms with Gasteiger partial charge in [-0.05, 0) is 13.0 Å². The van der Waals surface area contributed by atoms with Gasteiger partial charge in [0.1, 0.15) is 17.9 Å². The Morgan fingerprint density at radius 3 is 3.00 bits per heavy atom. The van der Waals surface area contributed by atoms with Crippen LogP contribution in [0.5, 0.6) is 0 Å². The number of hydrogen-bond acceptors (Lipinski definition) is 4. The van der Waals surface area contributed by atoms with E-state index >= 15 is 0 Å². The highest BCUT2D eigenvalue weighted by Gasteiger charge is 2.16. The van der Waals surface area contributed by atoms with E-state index in [1.807, 2.05) is 0 Å².